The van der Waals surface area contributed by atoms with Gasteiger partial charge in [-0.1, -0.05) is 12.1 Å². The van der Waals surface area contributed by atoms with E-state index in [-0.39, 0.29) is 24.6 Å². The summed E-state index contributed by atoms with van der Waals surface area (Å²) in [6.45, 7) is 0. The molecule has 0 unspecified atom stereocenters. The lowest BCUT2D eigenvalue weighted by Gasteiger charge is -2.22. The van der Waals surface area contributed by atoms with Gasteiger partial charge in [0.15, 0.2) is 5.78 Å². The normalized spacial score (nSPS) is 18.4. The topological polar surface area (TPSA) is 66.4 Å². The number of carbonyl (C=O) groups is 2. The Morgan fingerprint density at radius 1 is 1.40 bits per heavy atom. The first-order valence-corrected chi connectivity index (χ1v) is 4.30. The number of Topliss-reactive ketones (excluding diaryl/α,β-unsaturated/α-hetero) is 1. The van der Waals surface area contributed by atoms with Gasteiger partial charge in [-0.3, -0.25) is 4.79 Å². The van der Waals surface area contributed by atoms with Crippen molar-refractivity contribution in [3.05, 3.63) is 29.8 Å². The van der Waals surface area contributed by atoms with E-state index in [2.05, 4.69) is 5.32 Å². The summed E-state index contributed by atoms with van der Waals surface area (Å²) in [6.07, 6.45) is 0.0202. The molecule has 1 aromatic carbocycles. The molecule has 0 saturated carbocycles. The Morgan fingerprint density at radius 3 is 2.73 bits per heavy atom. The lowest BCUT2D eigenvalue weighted by Crippen LogP contribution is -2.35. The summed E-state index contributed by atoms with van der Waals surface area (Å²) in [4.78, 5) is 22.2. The Bertz CT molecular complexity index is 405. The minimum atomic E-state index is -0.993. The SMILES string of the molecule is Cl.O=C1C[C@H](C(=O)O)Nc2ccccc21. The Balaban J connectivity index is 0.00000112. The first-order chi connectivity index (χ1) is 6.68. The number of anilines is 1. The monoisotopic (exact) mass is 227 g/mol. The molecule has 2 N–H and O–H groups in total. The molecule has 1 aromatic rings. The molecule has 0 fully saturated rings. The molecule has 1 atom stereocenters. The van der Waals surface area contributed by atoms with Crippen LogP contribution < -0.4 is 5.32 Å². The molecule has 0 radical (unpaired) electrons. The maximum absolute atomic E-state index is 11.5. The fourth-order valence-electron chi connectivity index (χ4n) is 1.54. The summed E-state index contributed by atoms with van der Waals surface area (Å²) in [5.74, 6) is -1.11. The molecule has 1 aliphatic heterocycles. The van der Waals surface area contributed by atoms with Crippen molar-refractivity contribution in [1.29, 1.82) is 0 Å². The quantitative estimate of drug-likeness (QED) is 0.764. The highest BCUT2D eigenvalue weighted by atomic mass is 35.5. The number of carboxylic acid groups (broad SMARTS) is 1. The molecule has 5 heteroatoms. The van der Waals surface area contributed by atoms with Crippen LogP contribution in [0, 0.1) is 0 Å². The van der Waals surface area contributed by atoms with Crippen LogP contribution >= 0.6 is 12.4 Å². The molecule has 1 heterocycles. The highest BCUT2D eigenvalue weighted by Gasteiger charge is 2.28. The first-order valence-electron chi connectivity index (χ1n) is 4.30. The van der Waals surface area contributed by atoms with Gasteiger partial charge in [0, 0.05) is 17.7 Å². The number of ketones is 1. The fourth-order valence-corrected chi connectivity index (χ4v) is 1.54. The number of carboxylic acids is 1. The Morgan fingerprint density at radius 2 is 2.07 bits per heavy atom. The van der Waals surface area contributed by atoms with Gasteiger partial charge < -0.3 is 10.4 Å². The van der Waals surface area contributed by atoms with Crippen LogP contribution in [0.2, 0.25) is 0 Å². The average molecular weight is 228 g/mol. The Kier molecular flexibility index (Phi) is 3.31. The Hall–Kier alpha value is -1.55. The summed E-state index contributed by atoms with van der Waals surface area (Å²) in [6, 6.07) is 6.14. The van der Waals surface area contributed by atoms with E-state index >= 15 is 0 Å². The highest BCUT2D eigenvalue weighted by molar-refractivity contribution is 6.06. The molecule has 0 bridgehead atoms. The van der Waals surface area contributed by atoms with E-state index in [4.69, 9.17) is 5.11 Å². The van der Waals surface area contributed by atoms with Gasteiger partial charge in [-0.2, -0.15) is 0 Å². The number of rotatable bonds is 1. The van der Waals surface area contributed by atoms with E-state index in [1.54, 1.807) is 24.3 Å². The molecule has 15 heavy (non-hydrogen) atoms. The van der Waals surface area contributed by atoms with E-state index in [1.165, 1.54) is 0 Å². The van der Waals surface area contributed by atoms with Gasteiger partial charge in [-0.25, -0.2) is 4.79 Å². The van der Waals surface area contributed by atoms with Crippen LogP contribution in [0.4, 0.5) is 5.69 Å². The minimum absolute atomic E-state index is 0. The molecule has 0 amide bonds. The lowest BCUT2D eigenvalue weighted by molar-refractivity contribution is -0.137. The molecule has 0 aromatic heterocycles. The van der Waals surface area contributed by atoms with E-state index in [1.807, 2.05) is 0 Å². The third-order valence-electron chi connectivity index (χ3n) is 2.24. The second-order valence-electron chi connectivity index (χ2n) is 3.21. The molecule has 1 aliphatic rings. The van der Waals surface area contributed by atoms with E-state index in [9.17, 15) is 9.59 Å². The zero-order valence-corrected chi connectivity index (χ0v) is 8.58. The van der Waals surface area contributed by atoms with Crippen LogP contribution in [0.3, 0.4) is 0 Å². The average Bonchev–Trinajstić information content (AvgIpc) is 2.17. The van der Waals surface area contributed by atoms with E-state index in [0.717, 1.165) is 0 Å². The van der Waals surface area contributed by atoms with Crippen LogP contribution in [0.5, 0.6) is 0 Å². The van der Waals surface area contributed by atoms with Gasteiger partial charge in [0.2, 0.25) is 0 Å². The minimum Gasteiger partial charge on any atom is -0.480 e. The number of hydrogen-bond acceptors (Lipinski definition) is 3. The van der Waals surface area contributed by atoms with Gasteiger partial charge in [-0.05, 0) is 12.1 Å². The van der Waals surface area contributed by atoms with Crippen molar-refractivity contribution < 1.29 is 14.7 Å². The highest BCUT2D eigenvalue weighted by Crippen LogP contribution is 2.24. The van der Waals surface area contributed by atoms with Gasteiger partial charge >= 0.3 is 5.97 Å². The second-order valence-corrected chi connectivity index (χ2v) is 3.21. The van der Waals surface area contributed by atoms with Gasteiger partial charge in [0.05, 0.1) is 0 Å². The van der Waals surface area contributed by atoms with Crippen molar-refractivity contribution in [3.63, 3.8) is 0 Å². The van der Waals surface area contributed by atoms with Crippen molar-refractivity contribution >= 4 is 29.8 Å². The second kappa shape index (κ2) is 4.31. The van der Waals surface area contributed by atoms with Crippen LogP contribution in [0.1, 0.15) is 16.8 Å². The standard InChI is InChI=1S/C10H9NO3.ClH/c12-9-5-8(10(13)14)11-7-4-2-1-3-6(7)9;/h1-4,8,11H,5H2,(H,13,14);1H/t8-;/m1./s1. The van der Waals surface area contributed by atoms with Crippen LogP contribution in [0.25, 0.3) is 0 Å². The van der Waals surface area contributed by atoms with Crippen molar-refractivity contribution in [3.8, 4) is 0 Å². The number of hydrogen-bond donors (Lipinski definition) is 2. The smallest absolute Gasteiger partial charge is 0.326 e. The lowest BCUT2D eigenvalue weighted by atomic mass is 9.97. The van der Waals surface area contributed by atoms with Crippen molar-refractivity contribution in [2.24, 2.45) is 0 Å². The van der Waals surface area contributed by atoms with Crippen molar-refractivity contribution in [2.75, 3.05) is 5.32 Å². The summed E-state index contributed by atoms with van der Waals surface area (Å²) in [5.41, 5.74) is 1.18. The third kappa shape index (κ3) is 2.10. The molecule has 0 saturated heterocycles. The molecular formula is C10H10ClNO3. The van der Waals surface area contributed by atoms with Gasteiger partial charge in [0.1, 0.15) is 6.04 Å². The molecule has 0 spiro atoms. The molecule has 80 valence electrons. The maximum atomic E-state index is 11.5. The van der Waals surface area contributed by atoms with Gasteiger partial charge in [0.25, 0.3) is 0 Å². The maximum Gasteiger partial charge on any atom is 0.326 e. The summed E-state index contributed by atoms with van der Waals surface area (Å²) in [7, 11) is 0. The van der Waals surface area contributed by atoms with E-state index < -0.39 is 12.0 Å². The molecule has 2 rings (SSSR count). The third-order valence-corrected chi connectivity index (χ3v) is 2.24. The fraction of sp³-hybridized carbons (Fsp3) is 0.200. The number of fused-ring (bicyclic) bond motifs is 1. The van der Waals surface area contributed by atoms with Crippen LogP contribution in [-0.2, 0) is 4.79 Å². The number of halogens is 1. The number of carbonyl (C=O) groups excluding carboxylic acids is 1. The molecule has 0 aliphatic carbocycles. The number of nitrogens with one attached hydrogen (secondary N) is 1. The van der Waals surface area contributed by atoms with Crippen LogP contribution in [0.15, 0.2) is 24.3 Å². The molecular weight excluding hydrogens is 218 g/mol. The van der Waals surface area contributed by atoms with Gasteiger partial charge in [-0.15, -0.1) is 12.4 Å². The summed E-state index contributed by atoms with van der Waals surface area (Å²) in [5, 5.41) is 11.6. The number of para-hydroxylation sites is 1. The van der Waals surface area contributed by atoms with Crippen LogP contribution in [-0.4, -0.2) is 22.9 Å². The van der Waals surface area contributed by atoms with Crippen molar-refractivity contribution in [2.45, 2.75) is 12.5 Å². The van der Waals surface area contributed by atoms with Crippen molar-refractivity contribution in [1.82, 2.24) is 0 Å². The number of benzene rings is 1. The number of aliphatic carboxylic acids is 1. The summed E-state index contributed by atoms with van der Waals surface area (Å²) < 4.78 is 0. The molecule has 4 nitrogen and oxygen atoms in total. The predicted octanol–water partition coefficient (Wildman–Crippen LogP) is 1.56. The zero-order chi connectivity index (χ0) is 10.1. The predicted molar refractivity (Wildman–Crippen MR) is 57.7 cm³/mol. The zero-order valence-electron chi connectivity index (χ0n) is 7.77. The Labute approximate surface area is 92.7 Å². The summed E-state index contributed by atoms with van der Waals surface area (Å²) >= 11 is 0. The first kappa shape index (κ1) is 11.5. The largest absolute Gasteiger partial charge is 0.480 e. The van der Waals surface area contributed by atoms with E-state index in [0.29, 0.717) is 11.3 Å².